The highest BCUT2D eigenvalue weighted by molar-refractivity contribution is 5.96. The van der Waals surface area contributed by atoms with Crippen molar-refractivity contribution in [3.63, 3.8) is 0 Å². The predicted octanol–water partition coefficient (Wildman–Crippen LogP) is 4.64. The number of carboxylic acids is 1. The van der Waals surface area contributed by atoms with Crippen LogP contribution in [0.1, 0.15) is 41.5 Å². The summed E-state index contributed by atoms with van der Waals surface area (Å²) in [7, 11) is 0. The molecule has 0 saturated carbocycles. The third-order valence-electron chi connectivity index (χ3n) is 4.31. The van der Waals surface area contributed by atoms with Gasteiger partial charge in [-0.3, -0.25) is 0 Å². The molecule has 3 aromatic rings. The van der Waals surface area contributed by atoms with Crippen LogP contribution in [0.3, 0.4) is 0 Å². The second-order valence-corrected chi connectivity index (χ2v) is 6.13. The zero-order valence-corrected chi connectivity index (χ0v) is 14.4. The normalized spacial score (nSPS) is 10.8. The highest BCUT2D eigenvalue weighted by Crippen LogP contribution is 2.25. The molecule has 3 rings (SSSR count). The Bertz CT molecular complexity index is 853. The van der Waals surface area contributed by atoms with Crippen molar-refractivity contribution in [1.29, 1.82) is 0 Å². The Hall–Kier alpha value is -2.88. The van der Waals surface area contributed by atoms with Gasteiger partial charge in [0.2, 0.25) is 0 Å². The summed E-state index contributed by atoms with van der Waals surface area (Å²) in [5.74, 6) is 0.142. The lowest BCUT2D eigenvalue weighted by molar-refractivity contribution is 0.0697. The average molecular weight is 334 g/mol. The van der Waals surface area contributed by atoms with Crippen molar-refractivity contribution in [3.05, 3.63) is 77.9 Å². The van der Waals surface area contributed by atoms with Gasteiger partial charge in [-0.1, -0.05) is 55.8 Å². The molecule has 25 heavy (non-hydrogen) atoms. The van der Waals surface area contributed by atoms with E-state index in [0.29, 0.717) is 12.1 Å². The van der Waals surface area contributed by atoms with Crippen molar-refractivity contribution in [2.75, 3.05) is 0 Å². The Balaban J connectivity index is 1.90. The van der Waals surface area contributed by atoms with Crippen LogP contribution in [0.4, 0.5) is 0 Å². The monoisotopic (exact) mass is 334 g/mol. The number of aromatic nitrogens is 2. The molecule has 0 atom stereocenters. The zero-order chi connectivity index (χ0) is 17.6. The van der Waals surface area contributed by atoms with E-state index in [1.807, 2.05) is 48.7 Å². The number of hydrogen-bond acceptors (Lipinski definition) is 2. The Labute approximate surface area is 147 Å². The maximum atomic E-state index is 11.7. The minimum atomic E-state index is -0.905. The Morgan fingerprint density at radius 2 is 1.96 bits per heavy atom. The number of unbranched alkanes of at least 4 members (excludes halogenated alkanes) is 1. The summed E-state index contributed by atoms with van der Waals surface area (Å²) < 4.78 is 2.10. The topological polar surface area (TPSA) is 55.1 Å². The molecule has 4 nitrogen and oxygen atoms in total. The molecule has 1 heterocycles. The van der Waals surface area contributed by atoms with Gasteiger partial charge in [0.05, 0.1) is 5.56 Å². The first-order valence-electron chi connectivity index (χ1n) is 8.60. The van der Waals surface area contributed by atoms with Gasteiger partial charge in [-0.2, -0.15) is 0 Å². The van der Waals surface area contributed by atoms with E-state index < -0.39 is 5.97 Å². The van der Waals surface area contributed by atoms with E-state index in [2.05, 4.69) is 16.5 Å². The second-order valence-electron chi connectivity index (χ2n) is 6.13. The van der Waals surface area contributed by atoms with Gasteiger partial charge in [0.1, 0.15) is 5.82 Å². The molecule has 0 aliphatic carbocycles. The van der Waals surface area contributed by atoms with Crippen LogP contribution in [-0.2, 0) is 13.0 Å². The van der Waals surface area contributed by atoms with Crippen LogP contribution >= 0.6 is 0 Å². The van der Waals surface area contributed by atoms with Crippen molar-refractivity contribution in [2.45, 2.75) is 32.7 Å². The fraction of sp³-hybridized carbons (Fsp3) is 0.238. The number of hydrogen-bond donors (Lipinski definition) is 1. The fourth-order valence-electron chi connectivity index (χ4n) is 2.98. The third kappa shape index (κ3) is 3.97. The van der Waals surface area contributed by atoms with E-state index in [9.17, 15) is 9.90 Å². The van der Waals surface area contributed by atoms with Gasteiger partial charge >= 0.3 is 5.97 Å². The Morgan fingerprint density at radius 3 is 2.68 bits per heavy atom. The molecule has 0 bridgehead atoms. The van der Waals surface area contributed by atoms with E-state index in [0.717, 1.165) is 41.8 Å². The van der Waals surface area contributed by atoms with Gasteiger partial charge in [-0.15, -0.1) is 0 Å². The molecule has 0 amide bonds. The van der Waals surface area contributed by atoms with E-state index in [4.69, 9.17) is 0 Å². The highest BCUT2D eigenvalue weighted by atomic mass is 16.4. The molecule has 0 fully saturated rings. The van der Waals surface area contributed by atoms with Gasteiger partial charge in [0.15, 0.2) is 0 Å². The van der Waals surface area contributed by atoms with Crippen molar-refractivity contribution < 1.29 is 9.90 Å². The standard InChI is InChI=1S/C21H22N2O2/c1-2-3-9-20-22-12-13-23(20)15-16-10-11-18(19(14-16)21(24)25)17-7-5-4-6-8-17/h4-8,10-14H,2-3,9,15H2,1H3,(H,24,25). The lowest BCUT2D eigenvalue weighted by atomic mass is 9.97. The van der Waals surface area contributed by atoms with Gasteiger partial charge in [-0.05, 0) is 29.2 Å². The molecule has 0 spiro atoms. The third-order valence-corrected chi connectivity index (χ3v) is 4.31. The first-order chi connectivity index (χ1) is 12.2. The molecule has 0 unspecified atom stereocenters. The lowest BCUT2D eigenvalue weighted by Crippen LogP contribution is -2.07. The van der Waals surface area contributed by atoms with Crippen LogP contribution in [0.15, 0.2) is 60.9 Å². The smallest absolute Gasteiger partial charge is 0.336 e. The van der Waals surface area contributed by atoms with Crippen LogP contribution in [0, 0.1) is 0 Å². The fourth-order valence-corrected chi connectivity index (χ4v) is 2.98. The van der Waals surface area contributed by atoms with Crippen LogP contribution < -0.4 is 0 Å². The van der Waals surface area contributed by atoms with Crippen LogP contribution in [0.5, 0.6) is 0 Å². The maximum absolute atomic E-state index is 11.7. The van der Waals surface area contributed by atoms with Crippen molar-refractivity contribution in [1.82, 2.24) is 9.55 Å². The van der Waals surface area contributed by atoms with Gasteiger partial charge in [0.25, 0.3) is 0 Å². The van der Waals surface area contributed by atoms with Gasteiger partial charge in [0, 0.05) is 25.4 Å². The molecule has 0 radical (unpaired) electrons. The molecule has 0 saturated heterocycles. The number of carboxylic acid groups (broad SMARTS) is 1. The van der Waals surface area contributed by atoms with Crippen molar-refractivity contribution in [2.24, 2.45) is 0 Å². The van der Waals surface area contributed by atoms with Crippen LogP contribution in [0.2, 0.25) is 0 Å². The molecule has 1 N–H and O–H groups in total. The molecule has 0 aliphatic heterocycles. The largest absolute Gasteiger partial charge is 0.478 e. The Morgan fingerprint density at radius 1 is 1.16 bits per heavy atom. The minimum absolute atomic E-state index is 0.332. The maximum Gasteiger partial charge on any atom is 0.336 e. The number of aromatic carboxylic acids is 1. The number of aryl methyl sites for hydroxylation is 1. The number of nitrogens with zero attached hydrogens (tertiary/aromatic N) is 2. The summed E-state index contributed by atoms with van der Waals surface area (Å²) >= 11 is 0. The molecule has 2 aromatic carbocycles. The second kappa shape index (κ2) is 7.79. The van der Waals surface area contributed by atoms with Crippen molar-refractivity contribution in [3.8, 4) is 11.1 Å². The summed E-state index contributed by atoms with van der Waals surface area (Å²) in [6.07, 6.45) is 6.93. The molecule has 4 heteroatoms. The quantitative estimate of drug-likeness (QED) is 0.685. The summed E-state index contributed by atoms with van der Waals surface area (Å²) in [4.78, 5) is 16.2. The lowest BCUT2D eigenvalue weighted by Gasteiger charge is -2.11. The summed E-state index contributed by atoms with van der Waals surface area (Å²) in [6, 6.07) is 15.3. The number of benzene rings is 2. The predicted molar refractivity (Wildman–Crippen MR) is 98.8 cm³/mol. The summed E-state index contributed by atoms with van der Waals surface area (Å²) in [6.45, 7) is 2.79. The van der Waals surface area contributed by atoms with Gasteiger partial charge < -0.3 is 9.67 Å². The van der Waals surface area contributed by atoms with E-state index in [1.165, 1.54) is 0 Å². The van der Waals surface area contributed by atoms with E-state index in [1.54, 1.807) is 12.3 Å². The van der Waals surface area contributed by atoms with Crippen molar-refractivity contribution >= 4 is 5.97 Å². The number of imidazole rings is 1. The zero-order valence-electron chi connectivity index (χ0n) is 14.4. The average Bonchev–Trinajstić information content (AvgIpc) is 3.07. The minimum Gasteiger partial charge on any atom is -0.478 e. The number of carbonyl (C=O) groups is 1. The van der Waals surface area contributed by atoms with E-state index >= 15 is 0 Å². The van der Waals surface area contributed by atoms with Crippen LogP contribution in [0.25, 0.3) is 11.1 Å². The first-order valence-corrected chi connectivity index (χ1v) is 8.60. The summed E-state index contributed by atoms with van der Waals surface area (Å²) in [5.41, 5.74) is 2.96. The first kappa shape index (κ1) is 17.0. The number of rotatable bonds is 7. The molecule has 128 valence electrons. The molecular formula is C21H22N2O2. The molecule has 0 aliphatic rings. The van der Waals surface area contributed by atoms with E-state index in [-0.39, 0.29) is 0 Å². The van der Waals surface area contributed by atoms with Gasteiger partial charge in [-0.25, -0.2) is 9.78 Å². The summed E-state index contributed by atoms with van der Waals surface area (Å²) in [5, 5.41) is 9.63. The SMILES string of the molecule is CCCCc1nccn1Cc1ccc(-c2ccccc2)c(C(=O)O)c1. The highest BCUT2D eigenvalue weighted by Gasteiger charge is 2.13. The molecule has 1 aromatic heterocycles. The molecular weight excluding hydrogens is 312 g/mol. The Kier molecular flexibility index (Phi) is 5.29. The van der Waals surface area contributed by atoms with Crippen LogP contribution in [-0.4, -0.2) is 20.6 Å².